The van der Waals surface area contributed by atoms with Gasteiger partial charge in [0, 0.05) is 6.42 Å². The first kappa shape index (κ1) is 20.8. The Morgan fingerprint density at radius 1 is 1.12 bits per heavy atom. The Kier molecular flexibility index (Phi) is 8.77. The van der Waals surface area contributed by atoms with Crippen LogP contribution >= 0.6 is 0 Å². The van der Waals surface area contributed by atoms with Gasteiger partial charge in [0.15, 0.2) is 5.78 Å². The molecule has 6 nitrogen and oxygen atoms in total. The molecule has 1 aromatic carbocycles. The molecule has 2 atom stereocenters. The van der Waals surface area contributed by atoms with E-state index < -0.39 is 29.9 Å². The molecule has 2 unspecified atom stereocenters. The highest BCUT2D eigenvalue weighted by molar-refractivity contribution is 5.92. The van der Waals surface area contributed by atoms with Crippen LogP contribution in [0.3, 0.4) is 0 Å². The van der Waals surface area contributed by atoms with E-state index >= 15 is 0 Å². The highest BCUT2D eigenvalue weighted by Crippen LogP contribution is 2.08. The number of nitrogens with two attached hydrogens (primary N) is 1. The maximum atomic E-state index is 14.0. The number of ketones is 1. The normalized spacial score (nSPS) is 13.2. The molecule has 0 heterocycles. The molecule has 138 valence electrons. The van der Waals surface area contributed by atoms with Crippen molar-refractivity contribution in [1.29, 1.82) is 0 Å². The third kappa shape index (κ3) is 7.89. The van der Waals surface area contributed by atoms with E-state index in [9.17, 15) is 18.8 Å². The summed E-state index contributed by atoms with van der Waals surface area (Å²) < 4.78 is 14.0. The van der Waals surface area contributed by atoms with Crippen LogP contribution in [0, 0.1) is 5.92 Å². The van der Waals surface area contributed by atoms with Crippen molar-refractivity contribution in [3.05, 3.63) is 35.9 Å². The molecule has 4 N–H and O–H groups in total. The van der Waals surface area contributed by atoms with Gasteiger partial charge in [-0.15, -0.1) is 0 Å². The lowest BCUT2D eigenvalue weighted by molar-refractivity contribution is -0.134. The number of benzene rings is 1. The van der Waals surface area contributed by atoms with E-state index in [1.54, 1.807) is 0 Å². The summed E-state index contributed by atoms with van der Waals surface area (Å²) in [6.07, 6.45) is -1.39. The zero-order chi connectivity index (χ0) is 18.8. The van der Waals surface area contributed by atoms with Gasteiger partial charge in [0.05, 0.1) is 6.54 Å². The Balaban J connectivity index is 2.55. The van der Waals surface area contributed by atoms with Crippen molar-refractivity contribution in [2.75, 3.05) is 6.54 Å². The number of hydrogen-bond acceptors (Lipinski definition) is 4. The number of halogens is 1. The smallest absolute Gasteiger partial charge is 0.245 e. The minimum atomic E-state index is -2.10. The maximum Gasteiger partial charge on any atom is 0.245 e. The molecule has 0 saturated carbocycles. The minimum Gasteiger partial charge on any atom is -0.343 e. The van der Waals surface area contributed by atoms with Gasteiger partial charge >= 0.3 is 0 Å². The molecule has 25 heavy (non-hydrogen) atoms. The van der Waals surface area contributed by atoms with Gasteiger partial charge in [-0.2, -0.15) is 0 Å². The number of carbonyl (C=O) groups excluding carboxylic acids is 3. The Bertz CT molecular complexity index is 578. The summed E-state index contributed by atoms with van der Waals surface area (Å²) >= 11 is 0. The molecule has 0 saturated heterocycles. The molecule has 0 aliphatic carbocycles. The minimum absolute atomic E-state index is 0.0184. The number of nitrogens with one attached hydrogen (secondary N) is 2. The zero-order valence-electron chi connectivity index (χ0n) is 14.6. The molecule has 0 aromatic heterocycles. The summed E-state index contributed by atoms with van der Waals surface area (Å²) in [4.78, 5) is 35.4. The standard InChI is InChI=1S/C18H26FN3O3/c1-12(2)10-14(21-16(24)11-20)18(25)22-17(19)15(23)9-8-13-6-4-3-5-7-13/h3-7,12,14,17H,8-11,20H2,1-2H3,(H,21,24)(H,22,25). The van der Waals surface area contributed by atoms with Crippen molar-refractivity contribution >= 4 is 17.6 Å². The lowest BCUT2D eigenvalue weighted by Gasteiger charge is -2.21. The monoisotopic (exact) mass is 351 g/mol. The third-order valence-corrected chi connectivity index (χ3v) is 3.60. The molecular weight excluding hydrogens is 325 g/mol. The first-order valence-electron chi connectivity index (χ1n) is 8.34. The summed E-state index contributed by atoms with van der Waals surface area (Å²) in [5.41, 5.74) is 6.14. The van der Waals surface area contributed by atoms with Gasteiger partial charge in [-0.05, 0) is 24.3 Å². The van der Waals surface area contributed by atoms with Gasteiger partial charge in [0.1, 0.15) is 6.04 Å². The van der Waals surface area contributed by atoms with Crippen molar-refractivity contribution in [1.82, 2.24) is 10.6 Å². The average Bonchev–Trinajstić information content (AvgIpc) is 2.59. The highest BCUT2D eigenvalue weighted by Gasteiger charge is 2.26. The van der Waals surface area contributed by atoms with Gasteiger partial charge in [-0.25, -0.2) is 4.39 Å². The van der Waals surface area contributed by atoms with Crippen LogP contribution in [-0.4, -0.2) is 36.5 Å². The Labute approximate surface area is 147 Å². The Hall–Kier alpha value is -2.28. The van der Waals surface area contributed by atoms with E-state index in [0.29, 0.717) is 12.8 Å². The summed E-state index contributed by atoms with van der Waals surface area (Å²) in [5, 5.41) is 4.49. The van der Waals surface area contributed by atoms with Gasteiger partial charge in [-0.1, -0.05) is 44.2 Å². The van der Waals surface area contributed by atoms with Crippen LogP contribution < -0.4 is 16.4 Å². The van der Waals surface area contributed by atoms with Crippen LogP contribution in [0.5, 0.6) is 0 Å². The SMILES string of the molecule is CC(C)CC(NC(=O)CN)C(=O)NC(F)C(=O)CCc1ccccc1. The number of Topliss-reactive ketones (excluding diaryl/α,β-unsaturated/α-hetero) is 1. The van der Waals surface area contributed by atoms with Crippen LogP contribution in [0.1, 0.15) is 32.3 Å². The quantitative estimate of drug-likeness (QED) is 0.549. The van der Waals surface area contributed by atoms with E-state index in [1.165, 1.54) is 0 Å². The zero-order valence-corrected chi connectivity index (χ0v) is 14.6. The van der Waals surface area contributed by atoms with E-state index in [1.807, 2.05) is 49.5 Å². The Morgan fingerprint density at radius 3 is 2.32 bits per heavy atom. The fourth-order valence-corrected chi connectivity index (χ4v) is 2.30. The van der Waals surface area contributed by atoms with Crippen LogP contribution in [0.2, 0.25) is 0 Å². The molecule has 0 aliphatic heterocycles. The summed E-state index contributed by atoms with van der Waals surface area (Å²) in [6.45, 7) is 3.47. The molecule has 2 amide bonds. The molecule has 0 aliphatic rings. The van der Waals surface area contributed by atoms with Crippen molar-refractivity contribution < 1.29 is 18.8 Å². The van der Waals surface area contributed by atoms with Crippen molar-refractivity contribution in [2.45, 2.75) is 45.4 Å². The first-order valence-corrected chi connectivity index (χ1v) is 8.34. The van der Waals surface area contributed by atoms with Gasteiger partial charge in [0.25, 0.3) is 0 Å². The number of carbonyl (C=O) groups is 3. The molecule has 1 rings (SSSR count). The number of hydrogen-bond donors (Lipinski definition) is 3. The molecule has 0 fully saturated rings. The van der Waals surface area contributed by atoms with E-state index in [0.717, 1.165) is 5.56 Å². The lowest BCUT2D eigenvalue weighted by Crippen LogP contribution is -2.52. The predicted octanol–water partition coefficient (Wildman–Crippen LogP) is 1.09. The van der Waals surface area contributed by atoms with Gasteiger partial charge in [0.2, 0.25) is 18.1 Å². The summed E-state index contributed by atoms with van der Waals surface area (Å²) in [7, 11) is 0. The third-order valence-electron chi connectivity index (χ3n) is 3.60. The second-order valence-corrected chi connectivity index (χ2v) is 6.28. The second kappa shape index (κ2) is 10.6. The highest BCUT2D eigenvalue weighted by atomic mass is 19.1. The number of amides is 2. The van der Waals surface area contributed by atoms with Crippen LogP contribution in [0.15, 0.2) is 30.3 Å². The Morgan fingerprint density at radius 2 is 1.76 bits per heavy atom. The summed E-state index contributed by atoms with van der Waals surface area (Å²) in [5.74, 6) is -1.84. The molecule has 0 radical (unpaired) electrons. The molecule has 0 bridgehead atoms. The van der Waals surface area contributed by atoms with Gasteiger partial charge < -0.3 is 16.4 Å². The summed E-state index contributed by atoms with van der Waals surface area (Å²) in [6, 6.07) is 8.31. The molecule has 0 spiro atoms. The van der Waals surface area contributed by atoms with Gasteiger partial charge in [-0.3, -0.25) is 14.4 Å². The van der Waals surface area contributed by atoms with E-state index in [-0.39, 0.29) is 18.9 Å². The lowest BCUT2D eigenvalue weighted by atomic mass is 10.0. The predicted molar refractivity (Wildman–Crippen MR) is 93.2 cm³/mol. The van der Waals surface area contributed by atoms with E-state index in [4.69, 9.17) is 5.73 Å². The van der Waals surface area contributed by atoms with Crippen LogP contribution in [0.4, 0.5) is 4.39 Å². The van der Waals surface area contributed by atoms with Crippen molar-refractivity contribution in [3.63, 3.8) is 0 Å². The van der Waals surface area contributed by atoms with Crippen molar-refractivity contribution in [3.8, 4) is 0 Å². The van der Waals surface area contributed by atoms with E-state index in [2.05, 4.69) is 5.32 Å². The molecule has 7 heteroatoms. The largest absolute Gasteiger partial charge is 0.343 e. The first-order chi connectivity index (χ1) is 11.8. The molecular formula is C18H26FN3O3. The topological polar surface area (TPSA) is 101 Å². The van der Waals surface area contributed by atoms with Crippen LogP contribution in [0.25, 0.3) is 0 Å². The maximum absolute atomic E-state index is 14.0. The van der Waals surface area contributed by atoms with Crippen molar-refractivity contribution in [2.24, 2.45) is 11.7 Å². The fraction of sp³-hybridized carbons (Fsp3) is 0.500. The molecule has 1 aromatic rings. The number of aryl methyl sites for hydroxylation is 1. The number of alkyl halides is 1. The fourth-order valence-electron chi connectivity index (χ4n) is 2.30. The average molecular weight is 351 g/mol. The number of rotatable bonds is 10. The second-order valence-electron chi connectivity index (χ2n) is 6.28. The van der Waals surface area contributed by atoms with Crippen LogP contribution in [-0.2, 0) is 20.8 Å².